The first-order valence-electron chi connectivity index (χ1n) is 1.40. The molecule has 3 nitrogen and oxygen atoms in total. The van der Waals surface area contributed by atoms with E-state index < -0.39 is 0 Å². The second-order valence-electron chi connectivity index (χ2n) is 0.797. The van der Waals surface area contributed by atoms with Crippen molar-refractivity contribution >= 4 is 5.71 Å². The standard InChI is InChI=1S/C3H4N2O/c1-3(2-4)5-6/h6H,1H3/b5-3-. The molecule has 32 valence electrons. The topological polar surface area (TPSA) is 56.4 Å². The molecule has 0 aromatic carbocycles. The first kappa shape index (κ1) is 4.96. The van der Waals surface area contributed by atoms with Gasteiger partial charge in [-0.1, -0.05) is 5.16 Å². The summed E-state index contributed by atoms with van der Waals surface area (Å²) in [5.41, 5.74) is 0.0787. The number of hydrogen-bond acceptors (Lipinski definition) is 3. The first-order chi connectivity index (χ1) is 2.81. The molecule has 0 atom stereocenters. The second-order valence-corrected chi connectivity index (χ2v) is 0.797. The van der Waals surface area contributed by atoms with Crippen molar-refractivity contribution < 1.29 is 5.21 Å². The summed E-state index contributed by atoms with van der Waals surface area (Å²) in [4.78, 5) is 0. The molecule has 0 saturated carbocycles. The molecule has 0 aliphatic heterocycles. The lowest BCUT2D eigenvalue weighted by molar-refractivity contribution is 0.319. The molecule has 6 heavy (non-hydrogen) atoms. The average Bonchev–Trinajstić information content (AvgIpc) is 1.65. The zero-order valence-electron chi connectivity index (χ0n) is 3.34. The second kappa shape index (κ2) is 2.21. The summed E-state index contributed by atoms with van der Waals surface area (Å²) in [6.45, 7) is 1.42. The molecule has 0 saturated heterocycles. The smallest absolute Gasteiger partial charge is 0.153 e. The Morgan fingerprint density at radius 3 is 2.50 bits per heavy atom. The Bertz CT molecular complexity index is 99.9. The molecular formula is C3H4N2O. The Morgan fingerprint density at radius 2 is 2.50 bits per heavy atom. The van der Waals surface area contributed by atoms with Gasteiger partial charge < -0.3 is 5.21 Å². The van der Waals surface area contributed by atoms with Gasteiger partial charge in [0.2, 0.25) is 0 Å². The van der Waals surface area contributed by atoms with Crippen LogP contribution in [0.1, 0.15) is 6.92 Å². The van der Waals surface area contributed by atoms with Crippen LogP contribution in [0.15, 0.2) is 5.16 Å². The number of rotatable bonds is 0. The lowest BCUT2D eigenvalue weighted by atomic mass is 10.5. The Labute approximate surface area is 35.5 Å². The highest BCUT2D eigenvalue weighted by Crippen LogP contribution is 1.64. The van der Waals surface area contributed by atoms with E-state index >= 15 is 0 Å². The third-order valence-corrected chi connectivity index (χ3v) is 0.312. The van der Waals surface area contributed by atoms with Crippen LogP contribution in [-0.2, 0) is 0 Å². The largest absolute Gasteiger partial charge is 0.410 e. The first-order valence-corrected chi connectivity index (χ1v) is 1.40. The van der Waals surface area contributed by atoms with Crippen LogP contribution in [0, 0.1) is 11.3 Å². The van der Waals surface area contributed by atoms with E-state index in [9.17, 15) is 0 Å². The summed E-state index contributed by atoms with van der Waals surface area (Å²) in [5, 5.41) is 18.1. The maximum atomic E-state index is 7.79. The van der Waals surface area contributed by atoms with Crippen molar-refractivity contribution in [3.63, 3.8) is 0 Å². The third kappa shape index (κ3) is 1.30. The molecule has 0 unspecified atom stereocenters. The van der Waals surface area contributed by atoms with Crippen LogP contribution in [0.4, 0.5) is 0 Å². The van der Waals surface area contributed by atoms with Crippen molar-refractivity contribution in [1.82, 2.24) is 0 Å². The van der Waals surface area contributed by atoms with E-state index in [0.29, 0.717) is 0 Å². The molecule has 0 amide bonds. The monoisotopic (exact) mass is 84.0 g/mol. The quantitative estimate of drug-likeness (QED) is 0.262. The van der Waals surface area contributed by atoms with Gasteiger partial charge in [0, 0.05) is 0 Å². The summed E-state index contributed by atoms with van der Waals surface area (Å²) >= 11 is 0. The zero-order valence-corrected chi connectivity index (χ0v) is 3.34. The van der Waals surface area contributed by atoms with Gasteiger partial charge >= 0.3 is 0 Å². The summed E-state index contributed by atoms with van der Waals surface area (Å²) in [5.74, 6) is 0. The highest BCUT2D eigenvalue weighted by molar-refractivity contribution is 5.95. The highest BCUT2D eigenvalue weighted by Gasteiger charge is 1.76. The fourth-order valence-corrected chi connectivity index (χ4v) is 0.0224. The van der Waals surface area contributed by atoms with Crippen molar-refractivity contribution in [3.05, 3.63) is 0 Å². The van der Waals surface area contributed by atoms with Gasteiger partial charge in [-0.25, -0.2) is 0 Å². The van der Waals surface area contributed by atoms with Crippen molar-refractivity contribution in [1.29, 1.82) is 5.26 Å². The molecule has 0 aromatic heterocycles. The molecule has 3 heteroatoms. The normalized spacial score (nSPS) is 10.3. The van der Waals surface area contributed by atoms with Crippen LogP contribution >= 0.6 is 0 Å². The number of nitrogens with zero attached hydrogens (tertiary/aromatic N) is 2. The van der Waals surface area contributed by atoms with Gasteiger partial charge in [-0.2, -0.15) is 5.26 Å². The Balaban J connectivity index is 3.61. The third-order valence-electron chi connectivity index (χ3n) is 0.312. The van der Waals surface area contributed by atoms with Crippen molar-refractivity contribution in [2.24, 2.45) is 5.16 Å². The molecule has 1 N–H and O–H groups in total. The lowest BCUT2D eigenvalue weighted by Crippen LogP contribution is -1.79. The maximum Gasteiger partial charge on any atom is 0.153 e. The SMILES string of the molecule is C/C(C#N)=N/O. The van der Waals surface area contributed by atoms with Crippen LogP contribution < -0.4 is 0 Å². The van der Waals surface area contributed by atoms with E-state index in [-0.39, 0.29) is 5.71 Å². The van der Waals surface area contributed by atoms with Crippen molar-refractivity contribution in [3.8, 4) is 6.07 Å². The van der Waals surface area contributed by atoms with E-state index in [1.807, 2.05) is 0 Å². The number of oxime groups is 1. The van der Waals surface area contributed by atoms with E-state index in [1.165, 1.54) is 6.92 Å². The minimum Gasteiger partial charge on any atom is -0.410 e. The fraction of sp³-hybridized carbons (Fsp3) is 0.333. The molecule has 0 spiro atoms. The van der Waals surface area contributed by atoms with Gasteiger partial charge in [-0.3, -0.25) is 0 Å². The van der Waals surface area contributed by atoms with Crippen LogP contribution in [0.3, 0.4) is 0 Å². The van der Waals surface area contributed by atoms with Gasteiger partial charge in [0.1, 0.15) is 6.07 Å². The van der Waals surface area contributed by atoms with Crippen LogP contribution in [0.5, 0.6) is 0 Å². The molecule has 0 bridgehead atoms. The van der Waals surface area contributed by atoms with Gasteiger partial charge in [0.05, 0.1) is 0 Å². The van der Waals surface area contributed by atoms with Gasteiger partial charge in [0.15, 0.2) is 5.71 Å². The van der Waals surface area contributed by atoms with E-state index in [2.05, 4.69) is 5.16 Å². The van der Waals surface area contributed by atoms with E-state index in [1.54, 1.807) is 6.07 Å². The van der Waals surface area contributed by atoms with Crippen LogP contribution in [0.25, 0.3) is 0 Å². The molecule has 0 fully saturated rings. The maximum absolute atomic E-state index is 7.79. The highest BCUT2D eigenvalue weighted by atomic mass is 16.4. The van der Waals surface area contributed by atoms with Crippen molar-refractivity contribution in [2.75, 3.05) is 0 Å². The molecular weight excluding hydrogens is 80.0 g/mol. The molecule has 0 aromatic rings. The van der Waals surface area contributed by atoms with Gasteiger partial charge in [0.25, 0.3) is 0 Å². The van der Waals surface area contributed by atoms with Crippen molar-refractivity contribution in [2.45, 2.75) is 6.92 Å². The molecule has 0 aliphatic carbocycles. The van der Waals surface area contributed by atoms with Crippen LogP contribution in [-0.4, -0.2) is 10.9 Å². The predicted octanol–water partition coefficient (Wildman–Crippen LogP) is 0.360. The molecule has 0 rings (SSSR count). The fourth-order valence-electron chi connectivity index (χ4n) is 0.0224. The minimum absolute atomic E-state index is 0.0787. The zero-order chi connectivity index (χ0) is 4.99. The average molecular weight is 84.1 g/mol. The predicted molar refractivity (Wildman–Crippen MR) is 20.5 cm³/mol. The van der Waals surface area contributed by atoms with Gasteiger partial charge in [-0.05, 0) is 6.92 Å². The Hall–Kier alpha value is -1.04. The Kier molecular flexibility index (Phi) is 1.83. The Morgan fingerprint density at radius 1 is 2.00 bits per heavy atom. The minimum atomic E-state index is 0.0787. The van der Waals surface area contributed by atoms with E-state index in [4.69, 9.17) is 10.5 Å². The molecule has 0 aliphatic rings. The molecule has 0 heterocycles. The summed E-state index contributed by atoms with van der Waals surface area (Å²) in [7, 11) is 0. The summed E-state index contributed by atoms with van der Waals surface area (Å²) in [6.07, 6.45) is 0. The number of nitriles is 1. The van der Waals surface area contributed by atoms with Gasteiger partial charge in [-0.15, -0.1) is 0 Å². The van der Waals surface area contributed by atoms with E-state index in [0.717, 1.165) is 0 Å². The lowest BCUT2D eigenvalue weighted by Gasteiger charge is -1.68. The summed E-state index contributed by atoms with van der Waals surface area (Å²) in [6, 6.07) is 1.61. The molecule has 0 radical (unpaired) electrons. The number of hydrogen-bond donors (Lipinski definition) is 1. The van der Waals surface area contributed by atoms with Crippen LogP contribution in [0.2, 0.25) is 0 Å². The summed E-state index contributed by atoms with van der Waals surface area (Å²) < 4.78 is 0.